The summed E-state index contributed by atoms with van der Waals surface area (Å²) < 4.78 is 6.75. The third-order valence-electron chi connectivity index (χ3n) is 3.87. The zero-order valence-corrected chi connectivity index (χ0v) is 16.4. The van der Waals surface area contributed by atoms with Crippen molar-refractivity contribution in [1.29, 1.82) is 0 Å². The molecule has 0 bridgehead atoms. The first-order valence-electron chi connectivity index (χ1n) is 8.47. The maximum atomic E-state index is 12.0. The minimum Gasteiger partial charge on any atom is -0.489 e. The SMILES string of the molecule is Cc1ccc(COc2cccc(/C=N\NC(=O)c3ccc(Br)cc3)c2)cc1. The molecule has 0 aromatic heterocycles. The summed E-state index contributed by atoms with van der Waals surface area (Å²) >= 11 is 3.34. The average molecular weight is 423 g/mol. The number of ether oxygens (including phenoxy) is 1. The van der Waals surface area contributed by atoms with Gasteiger partial charge in [-0.15, -0.1) is 0 Å². The Bertz CT molecular complexity index is 935. The molecule has 0 aliphatic carbocycles. The van der Waals surface area contributed by atoms with Gasteiger partial charge in [-0.3, -0.25) is 4.79 Å². The van der Waals surface area contributed by atoms with Crippen molar-refractivity contribution in [3.63, 3.8) is 0 Å². The van der Waals surface area contributed by atoms with Crippen LogP contribution in [0.2, 0.25) is 0 Å². The Hall–Kier alpha value is -2.92. The van der Waals surface area contributed by atoms with Crippen molar-refractivity contribution in [3.8, 4) is 5.75 Å². The first kappa shape index (κ1) is 18.9. The highest BCUT2D eigenvalue weighted by Crippen LogP contribution is 2.15. The summed E-state index contributed by atoms with van der Waals surface area (Å²) in [5.74, 6) is 0.490. The molecule has 0 aliphatic heterocycles. The molecule has 0 radical (unpaired) electrons. The summed E-state index contributed by atoms with van der Waals surface area (Å²) in [6, 6.07) is 22.9. The van der Waals surface area contributed by atoms with Gasteiger partial charge in [-0.25, -0.2) is 5.43 Å². The molecular weight excluding hydrogens is 404 g/mol. The highest BCUT2D eigenvalue weighted by molar-refractivity contribution is 9.10. The number of nitrogens with one attached hydrogen (secondary N) is 1. The topological polar surface area (TPSA) is 50.7 Å². The van der Waals surface area contributed by atoms with Crippen LogP contribution in [0.15, 0.2) is 82.4 Å². The quantitative estimate of drug-likeness (QED) is 0.443. The Morgan fingerprint density at radius 3 is 2.56 bits per heavy atom. The highest BCUT2D eigenvalue weighted by atomic mass is 79.9. The summed E-state index contributed by atoms with van der Waals surface area (Å²) in [4.78, 5) is 12.0. The molecule has 0 saturated heterocycles. The predicted molar refractivity (Wildman–Crippen MR) is 111 cm³/mol. The van der Waals surface area contributed by atoms with Crippen molar-refractivity contribution in [2.45, 2.75) is 13.5 Å². The molecule has 3 aromatic rings. The third-order valence-corrected chi connectivity index (χ3v) is 4.40. The number of amides is 1. The highest BCUT2D eigenvalue weighted by Gasteiger charge is 2.03. The van der Waals surface area contributed by atoms with E-state index in [0.717, 1.165) is 21.3 Å². The number of halogens is 1. The molecule has 27 heavy (non-hydrogen) atoms. The molecule has 1 N–H and O–H groups in total. The van der Waals surface area contributed by atoms with Crippen LogP contribution in [-0.4, -0.2) is 12.1 Å². The van der Waals surface area contributed by atoms with Crippen LogP contribution in [0.25, 0.3) is 0 Å². The summed E-state index contributed by atoms with van der Waals surface area (Å²) in [5, 5.41) is 4.02. The largest absolute Gasteiger partial charge is 0.489 e. The number of rotatable bonds is 6. The van der Waals surface area contributed by atoms with Gasteiger partial charge < -0.3 is 4.74 Å². The normalized spacial score (nSPS) is 10.7. The molecule has 1 amide bonds. The molecule has 0 atom stereocenters. The van der Waals surface area contributed by atoms with Crippen molar-refractivity contribution in [1.82, 2.24) is 5.43 Å². The van der Waals surface area contributed by atoms with Gasteiger partial charge in [-0.1, -0.05) is 57.9 Å². The molecule has 0 unspecified atom stereocenters. The number of benzene rings is 3. The van der Waals surface area contributed by atoms with Gasteiger partial charge in [0.2, 0.25) is 0 Å². The van der Waals surface area contributed by atoms with E-state index < -0.39 is 0 Å². The molecule has 3 aromatic carbocycles. The van der Waals surface area contributed by atoms with Crippen LogP contribution in [0.3, 0.4) is 0 Å². The van der Waals surface area contributed by atoms with Crippen LogP contribution in [0.5, 0.6) is 5.75 Å². The van der Waals surface area contributed by atoms with E-state index in [2.05, 4.69) is 57.6 Å². The van der Waals surface area contributed by atoms with Crippen LogP contribution in [0.1, 0.15) is 27.0 Å². The van der Waals surface area contributed by atoms with Crippen LogP contribution in [0, 0.1) is 6.92 Å². The van der Waals surface area contributed by atoms with E-state index in [4.69, 9.17) is 4.74 Å². The molecule has 0 saturated carbocycles. The van der Waals surface area contributed by atoms with Gasteiger partial charge in [0, 0.05) is 10.0 Å². The Kier molecular flexibility index (Phi) is 6.39. The van der Waals surface area contributed by atoms with Crippen LogP contribution in [-0.2, 0) is 6.61 Å². The molecule has 0 fully saturated rings. The Labute approximate surface area is 167 Å². The van der Waals surface area contributed by atoms with Crippen molar-refractivity contribution in [2.24, 2.45) is 5.10 Å². The van der Waals surface area contributed by atoms with Crippen LogP contribution in [0.4, 0.5) is 0 Å². The number of hydrogen-bond donors (Lipinski definition) is 1. The first-order chi connectivity index (χ1) is 13.1. The van der Waals surface area contributed by atoms with E-state index in [1.807, 2.05) is 36.4 Å². The van der Waals surface area contributed by atoms with Crippen LogP contribution >= 0.6 is 15.9 Å². The van der Waals surface area contributed by atoms with Gasteiger partial charge in [0.05, 0.1) is 6.21 Å². The first-order valence-corrected chi connectivity index (χ1v) is 9.27. The number of carbonyl (C=O) groups excluding carboxylic acids is 1. The standard InChI is InChI=1S/C22H19BrN2O2/c1-16-5-7-17(8-6-16)15-27-21-4-2-3-18(13-21)14-24-25-22(26)19-9-11-20(23)12-10-19/h2-14H,15H2,1H3,(H,25,26)/b24-14-. The van der Waals surface area contributed by atoms with Crippen molar-refractivity contribution in [2.75, 3.05) is 0 Å². The van der Waals surface area contributed by atoms with Gasteiger partial charge >= 0.3 is 0 Å². The Morgan fingerprint density at radius 1 is 1.07 bits per heavy atom. The number of hydrogen-bond acceptors (Lipinski definition) is 3. The molecule has 136 valence electrons. The molecule has 0 spiro atoms. The van der Waals surface area contributed by atoms with E-state index >= 15 is 0 Å². The Morgan fingerprint density at radius 2 is 1.81 bits per heavy atom. The monoisotopic (exact) mass is 422 g/mol. The average Bonchev–Trinajstić information content (AvgIpc) is 2.68. The fourth-order valence-electron chi connectivity index (χ4n) is 2.37. The minimum atomic E-state index is -0.259. The number of carbonyl (C=O) groups is 1. The molecular formula is C22H19BrN2O2. The molecule has 5 heteroatoms. The summed E-state index contributed by atoms with van der Waals surface area (Å²) in [6.07, 6.45) is 1.59. The van der Waals surface area contributed by atoms with E-state index in [-0.39, 0.29) is 5.91 Å². The van der Waals surface area contributed by atoms with E-state index in [1.165, 1.54) is 5.56 Å². The lowest BCUT2D eigenvalue weighted by molar-refractivity contribution is 0.0955. The second kappa shape index (κ2) is 9.14. The second-order valence-electron chi connectivity index (χ2n) is 6.05. The second-order valence-corrected chi connectivity index (χ2v) is 6.97. The predicted octanol–water partition coefficient (Wildman–Crippen LogP) is 5.10. The number of nitrogens with zero attached hydrogens (tertiary/aromatic N) is 1. The molecule has 3 rings (SSSR count). The summed E-state index contributed by atoms with van der Waals surface area (Å²) in [7, 11) is 0. The van der Waals surface area contributed by atoms with Gasteiger partial charge in [0.15, 0.2) is 0 Å². The van der Waals surface area contributed by atoms with E-state index in [0.29, 0.717) is 12.2 Å². The van der Waals surface area contributed by atoms with Crippen molar-refractivity contribution < 1.29 is 9.53 Å². The maximum Gasteiger partial charge on any atom is 0.271 e. The van der Waals surface area contributed by atoms with Gasteiger partial charge in [0.1, 0.15) is 12.4 Å². The molecule has 4 nitrogen and oxygen atoms in total. The van der Waals surface area contributed by atoms with Crippen molar-refractivity contribution >= 4 is 28.1 Å². The minimum absolute atomic E-state index is 0.259. The fourth-order valence-corrected chi connectivity index (χ4v) is 2.63. The number of hydrazone groups is 1. The van der Waals surface area contributed by atoms with Gasteiger partial charge in [0.25, 0.3) is 5.91 Å². The Balaban J connectivity index is 1.56. The lowest BCUT2D eigenvalue weighted by Crippen LogP contribution is -2.17. The van der Waals surface area contributed by atoms with Crippen molar-refractivity contribution in [3.05, 3.63) is 99.5 Å². The third kappa shape index (κ3) is 5.79. The van der Waals surface area contributed by atoms with E-state index in [9.17, 15) is 4.79 Å². The zero-order chi connectivity index (χ0) is 19.1. The lowest BCUT2D eigenvalue weighted by atomic mass is 10.2. The smallest absolute Gasteiger partial charge is 0.271 e. The molecule has 0 aliphatic rings. The summed E-state index contributed by atoms with van der Waals surface area (Å²) in [5.41, 5.74) is 6.25. The molecule has 0 heterocycles. The zero-order valence-electron chi connectivity index (χ0n) is 14.9. The number of aryl methyl sites for hydroxylation is 1. The summed E-state index contributed by atoms with van der Waals surface area (Å²) in [6.45, 7) is 2.56. The van der Waals surface area contributed by atoms with Crippen LogP contribution < -0.4 is 10.2 Å². The van der Waals surface area contributed by atoms with E-state index in [1.54, 1.807) is 18.3 Å². The van der Waals surface area contributed by atoms with Gasteiger partial charge in [-0.2, -0.15) is 5.10 Å². The lowest BCUT2D eigenvalue weighted by Gasteiger charge is -2.07. The van der Waals surface area contributed by atoms with Gasteiger partial charge in [-0.05, 0) is 54.4 Å². The maximum absolute atomic E-state index is 12.0. The fraction of sp³-hybridized carbons (Fsp3) is 0.0909.